The number of benzene rings is 1. The minimum absolute atomic E-state index is 0.0861. The number of amides is 1. The fourth-order valence-corrected chi connectivity index (χ4v) is 5.52. The van der Waals surface area contributed by atoms with Gasteiger partial charge in [-0.1, -0.05) is 12.1 Å². The number of thiophene rings is 1. The average molecular weight is 423 g/mol. The molecule has 2 atom stereocenters. The molecule has 2 aliphatic heterocycles. The van der Waals surface area contributed by atoms with E-state index >= 15 is 0 Å². The van der Waals surface area contributed by atoms with E-state index in [9.17, 15) is 4.79 Å². The molecule has 0 radical (unpaired) electrons. The van der Waals surface area contributed by atoms with E-state index in [1.54, 1.807) is 19.4 Å². The number of nitrogens with zero attached hydrogens (tertiary/aromatic N) is 3. The molecule has 7 nitrogen and oxygen atoms in total. The lowest BCUT2D eigenvalue weighted by Gasteiger charge is -2.34. The highest BCUT2D eigenvalue weighted by Gasteiger charge is 2.32. The highest BCUT2D eigenvalue weighted by atomic mass is 32.1. The van der Waals surface area contributed by atoms with Gasteiger partial charge in [-0.25, -0.2) is 9.97 Å². The summed E-state index contributed by atoms with van der Waals surface area (Å²) in [5.74, 6) is -0.0861. The van der Waals surface area contributed by atoms with Gasteiger partial charge >= 0.3 is 0 Å². The summed E-state index contributed by atoms with van der Waals surface area (Å²) in [6.45, 7) is 2.78. The summed E-state index contributed by atoms with van der Waals surface area (Å²) in [4.78, 5) is 25.2. The van der Waals surface area contributed by atoms with Crippen molar-refractivity contribution in [2.75, 3.05) is 36.9 Å². The number of nitrogens with one attached hydrogen (secondary N) is 3. The number of carbonyl (C=O) groups is 1. The van der Waals surface area contributed by atoms with E-state index in [0.717, 1.165) is 35.5 Å². The van der Waals surface area contributed by atoms with Crippen molar-refractivity contribution >= 4 is 39.0 Å². The van der Waals surface area contributed by atoms with Crippen LogP contribution in [0.4, 0.5) is 11.4 Å². The molecule has 4 heterocycles. The van der Waals surface area contributed by atoms with Gasteiger partial charge in [0, 0.05) is 56.8 Å². The first kappa shape index (κ1) is 19.3. The summed E-state index contributed by atoms with van der Waals surface area (Å²) in [7, 11) is 1.80. The maximum Gasteiger partial charge on any atom is 0.263 e. The molecule has 5 rings (SSSR count). The third-order valence-electron chi connectivity index (χ3n) is 6.00. The van der Waals surface area contributed by atoms with Crippen LogP contribution in [0.5, 0.6) is 0 Å². The molecule has 30 heavy (non-hydrogen) atoms. The fraction of sp³-hybridized carbons (Fsp3) is 0.409. The Labute approximate surface area is 179 Å². The smallest absolute Gasteiger partial charge is 0.263 e. The summed E-state index contributed by atoms with van der Waals surface area (Å²) < 4.78 is 0. The molecule has 2 aromatic heterocycles. The number of rotatable bonds is 6. The van der Waals surface area contributed by atoms with Crippen LogP contribution in [0.2, 0.25) is 0 Å². The Hall–Kier alpha value is -2.71. The minimum atomic E-state index is -0.0861. The van der Waals surface area contributed by atoms with Gasteiger partial charge in [-0.15, -0.1) is 11.3 Å². The van der Waals surface area contributed by atoms with Crippen molar-refractivity contribution in [2.24, 2.45) is 0 Å². The molecule has 2 bridgehead atoms. The lowest BCUT2D eigenvalue weighted by molar-refractivity contribution is 0.0959. The molecule has 0 spiro atoms. The second kappa shape index (κ2) is 8.20. The molecule has 2 saturated heterocycles. The van der Waals surface area contributed by atoms with Crippen molar-refractivity contribution in [3.8, 4) is 0 Å². The molecule has 0 saturated carbocycles. The molecule has 2 fully saturated rings. The van der Waals surface area contributed by atoms with E-state index in [1.807, 2.05) is 0 Å². The zero-order chi connectivity index (χ0) is 20.5. The topological polar surface area (TPSA) is 82.2 Å². The van der Waals surface area contributed by atoms with E-state index in [0.29, 0.717) is 23.5 Å². The Morgan fingerprint density at radius 3 is 2.63 bits per heavy atom. The zero-order valence-corrected chi connectivity index (χ0v) is 17.8. The number of hydrogen-bond acceptors (Lipinski definition) is 7. The average Bonchev–Trinajstić information content (AvgIpc) is 3.33. The van der Waals surface area contributed by atoms with Crippen LogP contribution >= 0.6 is 11.3 Å². The summed E-state index contributed by atoms with van der Waals surface area (Å²) >= 11 is 1.37. The van der Waals surface area contributed by atoms with Gasteiger partial charge in [0.2, 0.25) is 0 Å². The van der Waals surface area contributed by atoms with Crippen molar-refractivity contribution in [2.45, 2.75) is 31.3 Å². The molecule has 156 valence electrons. The van der Waals surface area contributed by atoms with Gasteiger partial charge in [-0.05, 0) is 37.0 Å². The highest BCUT2D eigenvalue weighted by molar-refractivity contribution is 7.21. The van der Waals surface area contributed by atoms with Crippen LogP contribution in [-0.4, -0.2) is 54.6 Å². The third-order valence-corrected chi connectivity index (χ3v) is 7.09. The van der Waals surface area contributed by atoms with Crippen LogP contribution in [0.15, 0.2) is 36.7 Å². The molecular formula is C22H26N6OS. The molecular weight excluding hydrogens is 396 g/mol. The molecule has 0 unspecified atom stereocenters. The summed E-state index contributed by atoms with van der Waals surface area (Å²) in [6.07, 6.45) is 6.68. The van der Waals surface area contributed by atoms with Crippen LogP contribution in [0.3, 0.4) is 0 Å². The molecule has 8 heteroatoms. The second-order valence-corrected chi connectivity index (χ2v) is 8.98. The van der Waals surface area contributed by atoms with Crippen LogP contribution in [0.25, 0.3) is 10.3 Å². The first-order chi connectivity index (χ1) is 14.7. The highest BCUT2D eigenvalue weighted by Crippen LogP contribution is 2.32. The third kappa shape index (κ3) is 3.73. The number of piperazine rings is 1. The molecule has 3 aromatic rings. The van der Waals surface area contributed by atoms with Gasteiger partial charge in [0.05, 0.1) is 5.69 Å². The van der Waals surface area contributed by atoms with Crippen molar-refractivity contribution in [1.82, 2.24) is 20.6 Å². The van der Waals surface area contributed by atoms with Gasteiger partial charge in [0.25, 0.3) is 5.91 Å². The standard InChI is InChI=1S/C22H26N6OS/c1-23-18-19-22(26-11-10-24-19)30-20(18)21(29)25-9-8-14-2-6-17(7-3-14)28-12-15-4-5-16(13-28)27-15/h2-3,6-7,10-11,15-16,23,27H,4-5,8-9,12-13H2,1H3,(H,25,29)/t15-,16+. The number of fused-ring (bicyclic) bond motifs is 3. The summed E-state index contributed by atoms with van der Waals surface area (Å²) in [5.41, 5.74) is 4.01. The van der Waals surface area contributed by atoms with E-state index in [-0.39, 0.29) is 5.91 Å². The second-order valence-electron chi connectivity index (χ2n) is 7.98. The quantitative estimate of drug-likeness (QED) is 0.567. The zero-order valence-electron chi connectivity index (χ0n) is 17.0. The van der Waals surface area contributed by atoms with E-state index in [4.69, 9.17) is 0 Å². The molecule has 1 amide bonds. The maximum atomic E-state index is 12.7. The molecule has 0 aliphatic carbocycles. The Bertz CT molecular complexity index is 1040. The predicted octanol–water partition coefficient (Wildman–Crippen LogP) is 2.65. The normalized spacial score (nSPS) is 20.5. The predicted molar refractivity (Wildman–Crippen MR) is 122 cm³/mol. The fourth-order valence-electron chi connectivity index (χ4n) is 4.50. The lowest BCUT2D eigenvalue weighted by Crippen LogP contribution is -2.51. The van der Waals surface area contributed by atoms with E-state index in [2.05, 4.69) is 55.1 Å². The van der Waals surface area contributed by atoms with Crippen molar-refractivity contribution < 1.29 is 4.79 Å². The van der Waals surface area contributed by atoms with Crippen molar-refractivity contribution in [1.29, 1.82) is 0 Å². The van der Waals surface area contributed by atoms with Crippen LogP contribution in [0.1, 0.15) is 28.1 Å². The minimum Gasteiger partial charge on any atom is -0.385 e. The SMILES string of the molecule is CNc1c(C(=O)NCCc2ccc(N3C[C@H]4CC[C@@H](C3)N4)cc2)sc2nccnc12. The molecule has 1 aromatic carbocycles. The monoisotopic (exact) mass is 422 g/mol. The van der Waals surface area contributed by atoms with E-state index < -0.39 is 0 Å². The summed E-state index contributed by atoms with van der Waals surface area (Å²) in [6, 6.07) is 10.1. The Morgan fingerprint density at radius 2 is 1.90 bits per heavy atom. The van der Waals surface area contributed by atoms with Crippen molar-refractivity contribution in [3.05, 3.63) is 47.1 Å². The largest absolute Gasteiger partial charge is 0.385 e. The molecule has 3 N–H and O–H groups in total. The van der Waals surface area contributed by atoms with Gasteiger partial charge in [-0.3, -0.25) is 4.79 Å². The van der Waals surface area contributed by atoms with Gasteiger partial charge in [-0.2, -0.15) is 0 Å². The number of hydrogen-bond donors (Lipinski definition) is 3. The first-order valence-corrected chi connectivity index (χ1v) is 11.3. The summed E-state index contributed by atoms with van der Waals surface area (Å²) in [5, 5.41) is 9.81. The van der Waals surface area contributed by atoms with Crippen LogP contribution < -0.4 is 20.9 Å². The Morgan fingerprint density at radius 1 is 1.17 bits per heavy atom. The number of carbonyl (C=O) groups excluding carboxylic acids is 1. The Kier molecular flexibility index (Phi) is 5.26. The number of aromatic nitrogens is 2. The maximum absolute atomic E-state index is 12.7. The van der Waals surface area contributed by atoms with Crippen LogP contribution in [0, 0.1) is 0 Å². The van der Waals surface area contributed by atoms with Gasteiger partial charge < -0.3 is 20.9 Å². The van der Waals surface area contributed by atoms with E-state index in [1.165, 1.54) is 35.4 Å². The van der Waals surface area contributed by atoms with Gasteiger partial charge in [0.1, 0.15) is 15.2 Å². The Balaban J connectivity index is 1.18. The lowest BCUT2D eigenvalue weighted by atomic mass is 10.1. The van der Waals surface area contributed by atoms with Crippen molar-refractivity contribution in [3.63, 3.8) is 0 Å². The van der Waals surface area contributed by atoms with Crippen LogP contribution in [-0.2, 0) is 6.42 Å². The molecule has 2 aliphatic rings. The first-order valence-electron chi connectivity index (χ1n) is 10.5. The number of anilines is 2. The van der Waals surface area contributed by atoms with Gasteiger partial charge in [0.15, 0.2) is 0 Å².